The number of fused-ring (bicyclic) bond motifs is 1. The summed E-state index contributed by atoms with van der Waals surface area (Å²) in [6, 6.07) is 7.10. The molecule has 2 aromatic rings. The minimum atomic E-state index is -4.74. The van der Waals surface area contributed by atoms with Crippen LogP contribution < -0.4 is 19.9 Å². The zero-order valence-electron chi connectivity index (χ0n) is 15.4. The van der Waals surface area contributed by atoms with Crippen molar-refractivity contribution in [3.05, 3.63) is 51.4 Å². The monoisotopic (exact) mass is 441 g/mol. The maximum atomic E-state index is 13.0. The Bertz CT molecular complexity index is 1060. The molecule has 1 aromatic heterocycles. The topological polar surface area (TPSA) is 84.6 Å². The van der Waals surface area contributed by atoms with Crippen molar-refractivity contribution in [3.63, 3.8) is 0 Å². The zero-order chi connectivity index (χ0) is 21.9. The summed E-state index contributed by atoms with van der Waals surface area (Å²) in [5.74, 6) is 0.186. The van der Waals surface area contributed by atoms with E-state index in [9.17, 15) is 22.8 Å². The Morgan fingerprint density at radius 3 is 2.60 bits per heavy atom. The van der Waals surface area contributed by atoms with E-state index < -0.39 is 34.8 Å². The molecule has 11 heteroatoms. The van der Waals surface area contributed by atoms with Gasteiger partial charge in [0.05, 0.1) is 18.1 Å². The third kappa shape index (κ3) is 4.68. The van der Waals surface area contributed by atoms with Crippen molar-refractivity contribution in [3.8, 4) is 17.6 Å². The van der Waals surface area contributed by atoms with E-state index in [4.69, 9.17) is 26.3 Å². The number of benzene rings is 1. The average Bonchev–Trinajstić information content (AvgIpc) is 2.70. The van der Waals surface area contributed by atoms with Gasteiger partial charge < -0.3 is 18.9 Å². The molecule has 1 aliphatic heterocycles. The Balaban J connectivity index is 1.93. The molecule has 0 saturated heterocycles. The van der Waals surface area contributed by atoms with Crippen molar-refractivity contribution >= 4 is 23.2 Å². The molecule has 3 rings (SSSR count). The number of rotatable bonds is 5. The van der Waals surface area contributed by atoms with Crippen molar-refractivity contribution in [2.75, 3.05) is 24.7 Å². The number of pyridine rings is 1. The van der Waals surface area contributed by atoms with Gasteiger partial charge in [-0.25, -0.2) is 0 Å². The van der Waals surface area contributed by atoms with Crippen LogP contribution in [0.4, 0.5) is 18.9 Å². The molecule has 1 aliphatic rings. The van der Waals surface area contributed by atoms with E-state index in [1.165, 1.54) is 11.0 Å². The predicted molar refractivity (Wildman–Crippen MR) is 101 cm³/mol. The Morgan fingerprint density at radius 1 is 1.23 bits per heavy atom. The Morgan fingerprint density at radius 2 is 1.93 bits per heavy atom. The molecule has 0 bridgehead atoms. The summed E-state index contributed by atoms with van der Waals surface area (Å²) in [5.41, 5.74) is -1.73. The first-order valence-corrected chi connectivity index (χ1v) is 9.12. The SMILES string of the molecule is N#CCCN(C(=O)Cn1cc(C(F)(F)F)cc(Cl)c1=O)c1ccc2c(c1)OCCO2. The molecule has 1 amide bonds. The van der Waals surface area contributed by atoms with Crippen LogP contribution in [0.3, 0.4) is 0 Å². The lowest BCUT2D eigenvalue weighted by atomic mass is 10.2. The van der Waals surface area contributed by atoms with Crippen molar-refractivity contribution in [1.82, 2.24) is 4.57 Å². The molecular formula is C19H15ClF3N3O4. The van der Waals surface area contributed by atoms with Crippen LogP contribution in [0.2, 0.25) is 5.02 Å². The van der Waals surface area contributed by atoms with E-state index in [0.29, 0.717) is 47.2 Å². The van der Waals surface area contributed by atoms with E-state index in [0.717, 1.165) is 0 Å². The number of hydrogen-bond acceptors (Lipinski definition) is 5. The highest BCUT2D eigenvalue weighted by molar-refractivity contribution is 6.30. The van der Waals surface area contributed by atoms with Crippen LogP contribution in [0, 0.1) is 11.3 Å². The highest BCUT2D eigenvalue weighted by Crippen LogP contribution is 2.34. The number of hydrogen-bond donors (Lipinski definition) is 0. The molecule has 0 unspecified atom stereocenters. The summed E-state index contributed by atoms with van der Waals surface area (Å²) in [5, 5.41) is 8.25. The van der Waals surface area contributed by atoms with Crippen molar-refractivity contribution < 1.29 is 27.4 Å². The first kappa shape index (κ1) is 21.5. The number of anilines is 1. The van der Waals surface area contributed by atoms with Gasteiger partial charge in [-0.15, -0.1) is 0 Å². The van der Waals surface area contributed by atoms with Crippen molar-refractivity contribution in [2.24, 2.45) is 0 Å². The van der Waals surface area contributed by atoms with Gasteiger partial charge in [0.2, 0.25) is 5.91 Å². The van der Waals surface area contributed by atoms with E-state index in [2.05, 4.69) is 0 Å². The summed E-state index contributed by atoms with van der Waals surface area (Å²) >= 11 is 5.64. The average molecular weight is 442 g/mol. The molecule has 0 atom stereocenters. The molecule has 0 aliphatic carbocycles. The number of nitriles is 1. The van der Waals surface area contributed by atoms with Gasteiger partial charge in [-0.1, -0.05) is 11.6 Å². The number of nitrogens with zero attached hydrogens (tertiary/aromatic N) is 3. The zero-order valence-corrected chi connectivity index (χ0v) is 16.2. The lowest BCUT2D eigenvalue weighted by Gasteiger charge is -2.25. The molecule has 0 radical (unpaired) electrons. The number of carbonyl (C=O) groups excluding carboxylic acids is 1. The third-order valence-electron chi connectivity index (χ3n) is 4.26. The maximum Gasteiger partial charge on any atom is 0.417 e. The summed E-state index contributed by atoms with van der Waals surface area (Å²) in [6.07, 6.45) is -4.23. The first-order chi connectivity index (χ1) is 14.2. The van der Waals surface area contributed by atoms with Gasteiger partial charge in [0, 0.05) is 24.5 Å². The van der Waals surface area contributed by atoms with E-state index >= 15 is 0 Å². The number of carbonyl (C=O) groups is 1. The van der Waals surface area contributed by atoms with Crippen LogP contribution in [-0.2, 0) is 17.5 Å². The van der Waals surface area contributed by atoms with Gasteiger partial charge in [-0.2, -0.15) is 18.4 Å². The second-order valence-electron chi connectivity index (χ2n) is 6.29. The Hall–Kier alpha value is -3.19. The molecule has 1 aromatic carbocycles. The molecule has 0 saturated carbocycles. The van der Waals surface area contributed by atoms with Crippen LogP contribution in [0.15, 0.2) is 35.3 Å². The largest absolute Gasteiger partial charge is 0.486 e. The summed E-state index contributed by atoms with van der Waals surface area (Å²) in [6.45, 7) is -0.0257. The molecule has 2 heterocycles. The second-order valence-corrected chi connectivity index (χ2v) is 6.70. The van der Waals surface area contributed by atoms with Gasteiger partial charge in [0.15, 0.2) is 11.5 Å². The summed E-state index contributed by atoms with van der Waals surface area (Å²) < 4.78 is 50.6. The lowest BCUT2D eigenvalue weighted by molar-refractivity contribution is -0.138. The van der Waals surface area contributed by atoms with Crippen LogP contribution in [0.5, 0.6) is 11.5 Å². The Labute approximate surface area is 173 Å². The fourth-order valence-electron chi connectivity index (χ4n) is 2.86. The number of aromatic nitrogens is 1. The van der Waals surface area contributed by atoms with Crippen LogP contribution in [-0.4, -0.2) is 30.2 Å². The summed E-state index contributed by atoms with van der Waals surface area (Å²) in [7, 11) is 0. The molecule has 158 valence electrons. The van der Waals surface area contributed by atoms with E-state index in [1.807, 2.05) is 6.07 Å². The molecule has 0 fully saturated rings. The van der Waals surface area contributed by atoms with E-state index in [1.54, 1.807) is 12.1 Å². The number of halogens is 4. The van der Waals surface area contributed by atoms with Crippen molar-refractivity contribution in [1.29, 1.82) is 5.26 Å². The van der Waals surface area contributed by atoms with Crippen LogP contribution in [0.1, 0.15) is 12.0 Å². The van der Waals surface area contributed by atoms with Gasteiger partial charge in [-0.3, -0.25) is 9.59 Å². The van der Waals surface area contributed by atoms with Crippen molar-refractivity contribution in [2.45, 2.75) is 19.1 Å². The number of ether oxygens (including phenoxy) is 2. The lowest BCUT2D eigenvalue weighted by Crippen LogP contribution is -2.37. The van der Waals surface area contributed by atoms with Gasteiger partial charge >= 0.3 is 6.18 Å². The molecular weight excluding hydrogens is 427 g/mol. The normalized spacial score (nSPS) is 12.9. The van der Waals surface area contributed by atoms with Crippen LogP contribution >= 0.6 is 11.6 Å². The van der Waals surface area contributed by atoms with Gasteiger partial charge in [0.1, 0.15) is 24.8 Å². The summed E-state index contributed by atoms with van der Waals surface area (Å²) in [4.78, 5) is 26.2. The predicted octanol–water partition coefficient (Wildman–Crippen LogP) is 3.24. The van der Waals surface area contributed by atoms with E-state index in [-0.39, 0.29) is 13.0 Å². The minimum absolute atomic E-state index is 0.0293. The second kappa shape index (κ2) is 8.67. The van der Waals surface area contributed by atoms with Crippen LogP contribution in [0.25, 0.3) is 0 Å². The fraction of sp³-hybridized carbons (Fsp3) is 0.316. The third-order valence-corrected chi connectivity index (χ3v) is 4.53. The smallest absolute Gasteiger partial charge is 0.417 e. The van der Waals surface area contributed by atoms with Gasteiger partial charge in [-0.05, 0) is 18.2 Å². The standard InChI is InChI=1S/C19H15ClF3N3O4/c20-14-8-12(19(21,22)23)10-25(18(14)28)11-17(27)26(5-1-4-24)13-2-3-15-16(9-13)30-7-6-29-15/h2-3,8-10H,1,5-7,11H2. The Kier molecular flexibility index (Phi) is 6.22. The highest BCUT2D eigenvalue weighted by Gasteiger charge is 2.32. The molecule has 30 heavy (non-hydrogen) atoms. The fourth-order valence-corrected chi connectivity index (χ4v) is 3.09. The molecule has 7 nitrogen and oxygen atoms in total. The maximum absolute atomic E-state index is 13.0. The molecule has 0 N–H and O–H groups in total. The number of amides is 1. The quantitative estimate of drug-likeness (QED) is 0.711. The first-order valence-electron chi connectivity index (χ1n) is 8.75. The van der Waals surface area contributed by atoms with Gasteiger partial charge in [0.25, 0.3) is 5.56 Å². The number of alkyl halides is 3. The minimum Gasteiger partial charge on any atom is -0.486 e. The highest BCUT2D eigenvalue weighted by atomic mass is 35.5. The molecule has 0 spiro atoms.